The predicted molar refractivity (Wildman–Crippen MR) is 55.9 cm³/mol. The molecule has 2 nitrogen and oxygen atoms in total. The van der Waals surface area contributed by atoms with Crippen LogP contribution >= 0.6 is 0 Å². The summed E-state index contributed by atoms with van der Waals surface area (Å²) in [5.74, 6) is 0.776. The molecule has 0 bridgehead atoms. The van der Waals surface area contributed by atoms with E-state index in [4.69, 9.17) is 4.74 Å². The standard InChI is InChI=1S/C11H23NO/c1-10(2)9-11(3,4)12-5-7-13-8-6-12/h10H,5-9H2,1-4H3. The van der Waals surface area contributed by atoms with Crippen LogP contribution in [0.2, 0.25) is 0 Å². The van der Waals surface area contributed by atoms with Crippen LogP contribution in [0, 0.1) is 5.92 Å². The topological polar surface area (TPSA) is 12.5 Å². The lowest BCUT2D eigenvalue weighted by atomic mass is 9.90. The third kappa shape index (κ3) is 3.28. The molecule has 0 saturated carbocycles. The minimum atomic E-state index is 0.345. The monoisotopic (exact) mass is 185 g/mol. The second-order valence-electron chi connectivity index (χ2n) is 5.01. The van der Waals surface area contributed by atoms with Crippen LogP contribution in [0.5, 0.6) is 0 Å². The van der Waals surface area contributed by atoms with Crippen molar-refractivity contribution in [2.45, 2.75) is 39.7 Å². The fourth-order valence-electron chi connectivity index (χ4n) is 2.30. The van der Waals surface area contributed by atoms with Crippen molar-refractivity contribution in [1.29, 1.82) is 0 Å². The molecule has 1 aliphatic rings. The normalized spacial score (nSPS) is 21.0. The first-order valence-electron chi connectivity index (χ1n) is 5.35. The summed E-state index contributed by atoms with van der Waals surface area (Å²) < 4.78 is 5.36. The van der Waals surface area contributed by atoms with Crippen molar-refractivity contribution in [3.63, 3.8) is 0 Å². The molecule has 13 heavy (non-hydrogen) atoms. The summed E-state index contributed by atoms with van der Waals surface area (Å²) in [6.45, 7) is 13.3. The molecule has 0 atom stereocenters. The Hall–Kier alpha value is -0.0800. The third-order valence-corrected chi connectivity index (χ3v) is 2.77. The number of hydrogen-bond acceptors (Lipinski definition) is 2. The summed E-state index contributed by atoms with van der Waals surface area (Å²) in [6.07, 6.45) is 1.27. The highest BCUT2D eigenvalue weighted by atomic mass is 16.5. The van der Waals surface area contributed by atoms with Crippen LogP contribution in [-0.2, 0) is 4.74 Å². The van der Waals surface area contributed by atoms with Crippen LogP contribution in [0.15, 0.2) is 0 Å². The van der Waals surface area contributed by atoms with E-state index in [1.807, 2.05) is 0 Å². The molecule has 1 aliphatic heterocycles. The molecule has 1 heterocycles. The fourth-order valence-corrected chi connectivity index (χ4v) is 2.30. The molecule has 0 aromatic carbocycles. The molecule has 0 aliphatic carbocycles. The minimum Gasteiger partial charge on any atom is -0.379 e. The Kier molecular flexibility index (Phi) is 3.74. The summed E-state index contributed by atoms with van der Waals surface area (Å²) in [4.78, 5) is 2.55. The van der Waals surface area contributed by atoms with E-state index < -0.39 is 0 Å². The molecule has 0 spiro atoms. The average molecular weight is 185 g/mol. The van der Waals surface area contributed by atoms with Crippen molar-refractivity contribution < 1.29 is 4.74 Å². The van der Waals surface area contributed by atoms with E-state index in [9.17, 15) is 0 Å². The van der Waals surface area contributed by atoms with Gasteiger partial charge >= 0.3 is 0 Å². The van der Waals surface area contributed by atoms with Crippen molar-refractivity contribution in [3.05, 3.63) is 0 Å². The van der Waals surface area contributed by atoms with Gasteiger partial charge in [0, 0.05) is 18.6 Å². The number of nitrogens with zero attached hydrogens (tertiary/aromatic N) is 1. The first-order chi connectivity index (χ1) is 6.02. The predicted octanol–water partition coefficient (Wildman–Crippen LogP) is 2.14. The molecule has 1 rings (SSSR count). The molecular weight excluding hydrogens is 162 g/mol. The molecule has 1 saturated heterocycles. The molecule has 2 heteroatoms. The summed E-state index contributed by atoms with van der Waals surface area (Å²) >= 11 is 0. The number of hydrogen-bond donors (Lipinski definition) is 0. The second-order valence-corrected chi connectivity index (χ2v) is 5.01. The smallest absolute Gasteiger partial charge is 0.0594 e. The quantitative estimate of drug-likeness (QED) is 0.668. The van der Waals surface area contributed by atoms with E-state index in [1.54, 1.807) is 0 Å². The second kappa shape index (κ2) is 4.43. The molecule has 0 amide bonds. The van der Waals surface area contributed by atoms with Gasteiger partial charge in [-0.25, -0.2) is 0 Å². The zero-order valence-corrected chi connectivity index (χ0v) is 9.47. The summed E-state index contributed by atoms with van der Waals surface area (Å²) in [5.41, 5.74) is 0.345. The molecule has 1 fully saturated rings. The van der Waals surface area contributed by atoms with Crippen LogP contribution in [0.25, 0.3) is 0 Å². The van der Waals surface area contributed by atoms with Gasteiger partial charge in [-0.3, -0.25) is 4.90 Å². The molecule has 0 N–H and O–H groups in total. The molecule has 0 aromatic heterocycles. The first kappa shape index (κ1) is 11.0. The molecule has 0 aromatic rings. The maximum atomic E-state index is 5.36. The first-order valence-corrected chi connectivity index (χ1v) is 5.35. The molecule has 0 radical (unpaired) electrons. The largest absolute Gasteiger partial charge is 0.379 e. The van der Waals surface area contributed by atoms with Gasteiger partial charge in [0.15, 0.2) is 0 Å². The fraction of sp³-hybridized carbons (Fsp3) is 1.00. The van der Waals surface area contributed by atoms with Gasteiger partial charge in [-0.2, -0.15) is 0 Å². The Balaban J connectivity index is 2.45. The van der Waals surface area contributed by atoms with E-state index in [0.717, 1.165) is 32.2 Å². The highest BCUT2D eigenvalue weighted by molar-refractivity contribution is 4.83. The van der Waals surface area contributed by atoms with Gasteiger partial charge in [0.2, 0.25) is 0 Å². The van der Waals surface area contributed by atoms with Gasteiger partial charge in [-0.1, -0.05) is 13.8 Å². The van der Waals surface area contributed by atoms with Crippen molar-refractivity contribution in [2.24, 2.45) is 5.92 Å². The van der Waals surface area contributed by atoms with Gasteiger partial charge in [0.25, 0.3) is 0 Å². The number of morpholine rings is 1. The minimum absolute atomic E-state index is 0.345. The molecule has 0 unspecified atom stereocenters. The van der Waals surface area contributed by atoms with Crippen LogP contribution in [-0.4, -0.2) is 36.7 Å². The van der Waals surface area contributed by atoms with Crippen molar-refractivity contribution in [2.75, 3.05) is 26.3 Å². The van der Waals surface area contributed by atoms with E-state index in [-0.39, 0.29) is 0 Å². The Labute approximate surface area is 82.3 Å². The van der Waals surface area contributed by atoms with Crippen LogP contribution < -0.4 is 0 Å². The van der Waals surface area contributed by atoms with Gasteiger partial charge in [0.05, 0.1) is 13.2 Å². The Morgan fingerprint density at radius 3 is 2.23 bits per heavy atom. The van der Waals surface area contributed by atoms with Gasteiger partial charge in [0.1, 0.15) is 0 Å². The molecule has 78 valence electrons. The Morgan fingerprint density at radius 2 is 1.77 bits per heavy atom. The Morgan fingerprint density at radius 1 is 1.23 bits per heavy atom. The van der Waals surface area contributed by atoms with Crippen LogP contribution in [0.4, 0.5) is 0 Å². The van der Waals surface area contributed by atoms with E-state index >= 15 is 0 Å². The van der Waals surface area contributed by atoms with Crippen molar-refractivity contribution >= 4 is 0 Å². The van der Waals surface area contributed by atoms with Crippen molar-refractivity contribution in [3.8, 4) is 0 Å². The zero-order valence-electron chi connectivity index (χ0n) is 9.47. The average Bonchev–Trinajstić information content (AvgIpc) is 2.04. The van der Waals surface area contributed by atoms with E-state index in [1.165, 1.54) is 6.42 Å². The SMILES string of the molecule is CC(C)CC(C)(C)N1CCOCC1. The third-order valence-electron chi connectivity index (χ3n) is 2.77. The van der Waals surface area contributed by atoms with Crippen LogP contribution in [0.1, 0.15) is 34.1 Å². The molecular formula is C11H23NO. The summed E-state index contributed by atoms with van der Waals surface area (Å²) in [6, 6.07) is 0. The lowest BCUT2D eigenvalue weighted by Crippen LogP contribution is -2.50. The number of rotatable bonds is 3. The number of ether oxygens (including phenoxy) is 1. The maximum absolute atomic E-state index is 5.36. The summed E-state index contributed by atoms with van der Waals surface area (Å²) in [5, 5.41) is 0. The highest BCUT2D eigenvalue weighted by Crippen LogP contribution is 2.23. The van der Waals surface area contributed by atoms with E-state index in [0.29, 0.717) is 5.54 Å². The lowest BCUT2D eigenvalue weighted by molar-refractivity contribution is -0.0165. The Bertz CT molecular complexity index is 148. The van der Waals surface area contributed by atoms with Crippen LogP contribution in [0.3, 0.4) is 0 Å². The van der Waals surface area contributed by atoms with Gasteiger partial charge in [-0.05, 0) is 26.2 Å². The van der Waals surface area contributed by atoms with Crippen molar-refractivity contribution in [1.82, 2.24) is 4.90 Å². The highest BCUT2D eigenvalue weighted by Gasteiger charge is 2.28. The zero-order chi connectivity index (χ0) is 9.90. The van der Waals surface area contributed by atoms with E-state index in [2.05, 4.69) is 32.6 Å². The summed E-state index contributed by atoms with van der Waals surface area (Å²) in [7, 11) is 0. The lowest BCUT2D eigenvalue weighted by Gasteiger charge is -2.41. The van der Waals surface area contributed by atoms with Gasteiger partial charge < -0.3 is 4.74 Å². The maximum Gasteiger partial charge on any atom is 0.0594 e. The van der Waals surface area contributed by atoms with Gasteiger partial charge in [-0.15, -0.1) is 0 Å².